The zero-order valence-corrected chi connectivity index (χ0v) is 10.6. The molecule has 0 saturated carbocycles. The number of aliphatic imine (C=N–C) groups is 1. The van der Waals surface area contributed by atoms with Crippen LogP contribution in [0, 0.1) is 5.92 Å². The van der Waals surface area contributed by atoms with Crippen LogP contribution < -0.4 is 0 Å². The summed E-state index contributed by atoms with van der Waals surface area (Å²) in [5, 5.41) is 0. The minimum absolute atomic E-state index is 0.653. The molecule has 2 unspecified atom stereocenters. The van der Waals surface area contributed by atoms with Crippen LogP contribution >= 0.6 is 0 Å². The lowest BCUT2D eigenvalue weighted by Crippen LogP contribution is -2.45. The van der Waals surface area contributed by atoms with E-state index in [2.05, 4.69) is 29.7 Å². The maximum absolute atomic E-state index is 4.81. The monoisotopic (exact) mass is 238 g/mol. The quantitative estimate of drug-likeness (QED) is 0.723. The van der Waals surface area contributed by atoms with E-state index in [1.807, 2.05) is 6.08 Å². The van der Waals surface area contributed by atoms with Gasteiger partial charge in [-0.3, -0.25) is 9.89 Å². The molecule has 2 nitrogen and oxygen atoms in total. The van der Waals surface area contributed by atoms with E-state index in [-0.39, 0.29) is 0 Å². The maximum atomic E-state index is 4.81. The zero-order valence-electron chi connectivity index (χ0n) is 10.6. The van der Waals surface area contributed by atoms with E-state index < -0.39 is 0 Å². The first-order valence-corrected chi connectivity index (χ1v) is 6.86. The van der Waals surface area contributed by atoms with Gasteiger partial charge in [0, 0.05) is 36.8 Å². The van der Waals surface area contributed by atoms with E-state index in [0.717, 1.165) is 19.6 Å². The fourth-order valence-corrected chi connectivity index (χ4v) is 3.93. The van der Waals surface area contributed by atoms with Gasteiger partial charge in [0.2, 0.25) is 0 Å². The molecule has 0 aromatic heterocycles. The van der Waals surface area contributed by atoms with Gasteiger partial charge < -0.3 is 0 Å². The molecule has 0 N–H and O–H groups in total. The summed E-state index contributed by atoms with van der Waals surface area (Å²) in [6.07, 6.45) is 3.32. The summed E-state index contributed by atoms with van der Waals surface area (Å²) < 4.78 is 0. The standard InChI is InChI=1S/C16H18N2/c1-2-6-18-9-12-7-13(10-18)16-15-11(8-17-16)4-3-5-14(12)15/h2-5,12-13H,1,6-10H2. The molecule has 0 radical (unpaired) electrons. The van der Waals surface area contributed by atoms with Crippen molar-refractivity contribution < 1.29 is 0 Å². The topological polar surface area (TPSA) is 15.6 Å². The fraction of sp³-hybridized carbons (Fsp3) is 0.438. The van der Waals surface area contributed by atoms with Crippen LogP contribution in [0.3, 0.4) is 0 Å². The molecule has 1 fully saturated rings. The van der Waals surface area contributed by atoms with Gasteiger partial charge >= 0.3 is 0 Å². The van der Waals surface area contributed by atoms with Crippen LogP contribution in [-0.2, 0) is 6.54 Å². The lowest BCUT2D eigenvalue weighted by molar-refractivity contribution is 0.197. The molecule has 2 heterocycles. The average molecular weight is 238 g/mol. The summed E-state index contributed by atoms with van der Waals surface area (Å²) in [7, 11) is 0. The molecule has 2 aliphatic heterocycles. The highest BCUT2D eigenvalue weighted by molar-refractivity contribution is 6.07. The van der Waals surface area contributed by atoms with Crippen LogP contribution in [-0.4, -0.2) is 30.2 Å². The van der Waals surface area contributed by atoms with Gasteiger partial charge in [0.25, 0.3) is 0 Å². The van der Waals surface area contributed by atoms with Crippen molar-refractivity contribution in [1.82, 2.24) is 4.90 Å². The van der Waals surface area contributed by atoms with E-state index in [1.165, 1.54) is 29.8 Å². The smallest absolute Gasteiger partial charge is 0.0649 e. The molecule has 4 rings (SSSR count). The molecule has 2 heteroatoms. The molecule has 1 aromatic rings. The minimum Gasteiger partial charge on any atom is -0.298 e. The third-order valence-electron chi connectivity index (χ3n) is 4.60. The molecule has 0 spiro atoms. The molecule has 92 valence electrons. The van der Waals surface area contributed by atoms with Crippen molar-refractivity contribution in [2.75, 3.05) is 19.6 Å². The summed E-state index contributed by atoms with van der Waals surface area (Å²) in [6, 6.07) is 6.77. The Labute approximate surface area is 108 Å². The number of hydrogen-bond acceptors (Lipinski definition) is 2. The Morgan fingerprint density at radius 1 is 1.33 bits per heavy atom. The average Bonchev–Trinajstić information content (AvgIpc) is 2.81. The number of piperidine rings is 1. The molecule has 1 saturated heterocycles. The van der Waals surface area contributed by atoms with Crippen molar-refractivity contribution in [3.8, 4) is 0 Å². The first-order valence-electron chi connectivity index (χ1n) is 6.86. The second-order valence-electron chi connectivity index (χ2n) is 5.72. The predicted molar refractivity (Wildman–Crippen MR) is 74.2 cm³/mol. The lowest BCUT2D eigenvalue weighted by Gasteiger charge is -2.42. The Bertz CT molecular complexity index is 544. The number of nitrogens with zero attached hydrogens (tertiary/aromatic N) is 2. The highest BCUT2D eigenvalue weighted by Gasteiger charge is 2.39. The van der Waals surface area contributed by atoms with Gasteiger partial charge in [-0.15, -0.1) is 6.58 Å². The summed E-state index contributed by atoms with van der Waals surface area (Å²) >= 11 is 0. The minimum atomic E-state index is 0.653. The second kappa shape index (κ2) is 3.79. The van der Waals surface area contributed by atoms with Gasteiger partial charge in [0.1, 0.15) is 0 Å². The van der Waals surface area contributed by atoms with E-state index in [0.29, 0.717) is 11.8 Å². The van der Waals surface area contributed by atoms with Crippen LogP contribution in [0.5, 0.6) is 0 Å². The van der Waals surface area contributed by atoms with Crippen molar-refractivity contribution in [2.24, 2.45) is 10.9 Å². The first-order chi connectivity index (χ1) is 8.86. The predicted octanol–water partition coefficient (Wildman–Crippen LogP) is 2.59. The highest BCUT2D eigenvalue weighted by Crippen LogP contribution is 2.43. The third kappa shape index (κ3) is 1.36. The van der Waals surface area contributed by atoms with Crippen molar-refractivity contribution in [2.45, 2.75) is 18.9 Å². The van der Waals surface area contributed by atoms with Gasteiger partial charge in [-0.05, 0) is 23.5 Å². The molecule has 3 aliphatic rings. The van der Waals surface area contributed by atoms with Crippen molar-refractivity contribution in [1.29, 1.82) is 0 Å². The molecule has 18 heavy (non-hydrogen) atoms. The SMILES string of the molecule is C=CCN1CC2CC(C1)c1cccc3c1C2=NC3. The Kier molecular flexibility index (Phi) is 2.21. The molecular formula is C16H18N2. The molecule has 0 amide bonds. The number of fused-ring (bicyclic) bond motifs is 4. The lowest BCUT2D eigenvalue weighted by atomic mass is 9.72. The van der Waals surface area contributed by atoms with Crippen LogP contribution in [0.15, 0.2) is 35.8 Å². The number of likely N-dealkylation sites (tertiary alicyclic amines) is 1. The molecule has 2 atom stereocenters. The number of rotatable bonds is 2. The van der Waals surface area contributed by atoms with Crippen LogP contribution in [0.4, 0.5) is 0 Å². The largest absolute Gasteiger partial charge is 0.298 e. The molecule has 2 bridgehead atoms. The molecule has 1 aromatic carbocycles. The summed E-state index contributed by atoms with van der Waals surface area (Å²) in [5.41, 5.74) is 5.91. The van der Waals surface area contributed by atoms with E-state index in [4.69, 9.17) is 4.99 Å². The van der Waals surface area contributed by atoms with Crippen LogP contribution in [0.2, 0.25) is 0 Å². The van der Waals surface area contributed by atoms with Gasteiger partial charge in [-0.2, -0.15) is 0 Å². The van der Waals surface area contributed by atoms with Gasteiger partial charge in [0.15, 0.2) is 0 Å². The molecular weight excluding hydrogens is 220 g/mol. The first kappa shape index (κ1) is 10.5. The highest BCUT2D eigenvalue weighted by atomic mass is 15.1. The fourth-order valence-electron chi connectivity index (χ4n) is 3.93. The molecule has 1 aliphatic carbocycles. The van der Waals surface area contributed by atoms with E-state index in [9.17, 15) is 0 Å². The Morgan fingerprint density at radius 3 is 3.11 bits per heavy atom. The van der Waals surface area contributed by atoms with Crippen molar-refractivity contribution >= 4 is 5.71 Å². The summed E-state index contributed by atoms with van der Waals surface area (Å²) in [5.74, 6) is 1.36. The van der Waals surface area contributed by atoms with Gasteiger partial charge in [0.05, 0.1) is 6.54 Å². The van der Waals surface area contributed by atoms with Crippen molar-refractivity contribution in [3.05, 3.63) is 47.5 Å². The van der Waals surface area contributed by atoms with Crippen molar-refractivity contribution in [3.63, 3.8) is 0 Å². The Hall–Kier alpha value is -1.41. The van der Waals surface area contributed by atoms with Gasteiger partial charge in [-0.1, -0.05) is 24.3 Å². The maximum Gasteiger partial charge on any atom is 0.0649 e. The normalized spacial score (nSPS) is 28.8. The van der Waals surface area contributed by atoms with Crippen LogP contribution in [0.25, 0.3) is 0 Å². The number of benzene rings is 1. The Morgan fingerprint density at radius 2 is 2.22 bits per heavy atom. The number of hydrogen-bond donors (Lipinski definition) is 0. The summed E-state index contributed by atoms with van der Waals surface area (Å²) in [6.45, 7) is 8.13. The van der Waals surface area contributed by atoms with E-state index >= 15 is 0 Å². The second-order valence-corrected chi connectivity index (χ2v) is 5.72. The zero-order chi connectivity index (χ0) is 12.1. The Balaban J connectivity index is 1.80. The van der Waals surface area contributed by atoms with Crippen LogP contribution in [0.1, 0.15) is 29.0 Å². The summed E-state index contributed by atoms with van der Waals surface area (Å²) in [4.78, 5) is 7.34. The third-order valence-corrected chi connectivity index (χ3v) is 4.60. The van der Waals surface area contributed by atoms with E-state index in [1.54, 1.807) is 5.56 Å². The van der Waals surface area contributed by atoms with Gasteiger partial charge in [-0.25, -0.2) is 0 Å².